The first-order valence-electron chi connectivity index (χ1n) is 10.9. The Morgan fingerprint density at radius 3 is 2.50 bits per heavy atom. The van der Waals surface area contributed by atoms with Gasteiger partial charge in [-0.1, -0.05) is 48.7 Å². The minimum absolute atomic E-state index is 0.0746. The number of halogens is 1. The van der Waals surface area contributed by atoms with Crippen molar-refractivity contribution in [2.45, 2.75) is 36.6 Å². The quantitative estimate of drug-likeness (QED) is 0.370. The van der Waals surface area contributed by atoms with Crippen molar-refractivity contribution in [2.75, 3.05) is 10.5 Å². The summed E-state index contributed by atoms with van der Waals surface area (Å²) in [5, 5.41) is 0.562. The van der Waals surface area contributed by atoms with E-state index in [2.05, 4.69) is 14.7 Å². The molecule has 3 N–H and O–H groups in total. The Bertz CT molecular complexity index is 1510. The number of benzene rings is 2. The fraction of sp³-hybridized carbons (Fsp3) is 0.208. The largest absolute Gasteiger partial charge is 0.383 e. The molecule has 34 heavy (non-hydrogen) atoms. The molecule has 5 rings (SSSR count). The lowest BCUT2D eigenvalue weighted by Crippen LogP contribution is -2.16. The average Bonchev–Trinajstić information content (AvgIpc) is 3.48. The van der Waals surface area contributed by atoms with E-state index in [1.807, 2.05) is 4.57 Å². The summed E-state index contributed by atoms with van der Waals surface area (Å²) in [5.41, 5.74) is 7.45. The summed E-state index contributed by atoms with van der Waals surface area (Å²) < 4.78 is 30.6. The van der Waals surface area contributed by atoms with Gasteiger partial charge in [-0.15, -0.1) is 0 Å². The number of carbonyl (C=O) groups excluding carboxylic acids is 1. The van der Waals surface area contributed by atoms with E-state index in [9.17, 15) is 13.2 Å². The SMILES string of the molecule is Nc1ncnc2c1c(C(=O)c1ccccc1NS(=O)(=O)c1ccccc1Cl)cn2C1CCCC1. The van der Waals surface area contributed by atoms with Crippen LogP contribution in [0.1, 0.15) is 47.6 Å². The van der Waals surface area contributed by atoms with Gasteiger partial charge in [0.15, 0.2) is 5.78 Å². The van der Waals surface area contributed by atoms with Gasteiger partial charge in [-0.05, 0) is 37.1 Å². The number of sulfonamides is 1. The summed E-state index contributed by atoms with van der Waals surface area (Å²) in [6.45, 7) is 0. The Morgan fingerprint density at radius 2 is 1.74 bits per heavy atom. The van der Waals surface area contributed by atoms with Crippen LogP contribution in [0.25, 0.3) is 11.0 Å². The third-order valence-electron chi connectivity index (χ3n) is 6.14. The van der Waals surface area contributed by atoms with Crippen molar-refractivity contribution in [2.24, 2.45) is 0 Å². The van der Waals surface area contributed by atoms with Crippen LogP contribution < -0.4 is 10.5 Å². The van der Waals surface area contributed by atoms with E-state index in [4.69, 9.17) is 17.3 Å². The maximum absolute atomic E-state index is 13.8. The van der Waals surface area contributed by atoms with Gasteiger partial charge in [-0.25, -0.2) is 18.4 Å². The minimum atomic E-state index is -4.03. The summed E-state index contributed by atoms with van der Waals surface area (Å²) in [7, 11) is -4.03. The van der Waals surface area contributed by atoms with Gasteiger partial charge in [0.2, 0.25) is 0 Å². The molecule has 0 spiro atoms. The van der Waals surface area contributed by atoms with Crippen LogP contribution in [0.2, 0.25) is 5.02 Å². The van der Waals surface area contributed by atoms with Crippen LogP contribution in [0.15, 0.2) is 66.0 Å². The highest BCUT2D eigenvalue weighted by Crippen LogP contribution is 2.36. The molecule has 0 bridgehead atoms. The average molecular weight is 496 g/mol. The standard InChI is InChI=1S/C24H22ClN5O3S/c25-18-10-4-6-12-20(18)34(32,33)29-19-11-5-3-9-16(19)22(31)17-13-30(15-7-1-2-8-15)24-21(17)23(26)27-14-28-24/h3-6,9-15,29H,1-2,7-8H2,(H2,26,27,28). The molecule has 2 aromatic heterocycles. The molecule has 0 unspecified atom stereocenters. The topological polar surface area (TPSA) is 120 Å². The second-order valence-corrected chi connectivity index (χ2v) is 10.3. The minimum Gasteiger partial charge on any atom is -0.383 e. The summed E-state index contributed by atoms with van der Waals surface area (Å²) in [6.07, 6.45) is 7.38. The normalized spacial score (nSPS) is 14.5. The Balaban J connectivity index is 1.59. The number of rotatable bonds is 6. The molecule has 1 fully saturated rings. The van der Waals surface area contributed by atoms with Gasteiger partial charge < -0.3 is 10.3 Å². The molecule has 2 heterocycles. The van der Waals surface area contributed by atoms with Crippen LogP contribution >= 0.6 is 11.6 Å². The van der Waals surface area contributed by atoms with E-state index in [0.717, 1.165) is 25.7 Å². The number of fused-ring (bicyclic) bond motifs is 1. The molecule has 1 aliphatic rings. The number of hydrogen-bond acceptors (Lipinski definition) is 6. The molecule has 2 aromatic carbocycles. The molecule has 0 radical (unpaired) electrons. The second kappa shape index (κ2) is 8.73. The fourth-order valence-corrected chi connectivity index (χ4v) is 6.12. The van der Waals surface area contributed by atoms with E-state index >= 15 is 0 Å². The number of para-hydroxylation sites is 1. The smallest absolute Gasteiger partial charge is 0.263 e. The van der Waals surface area contributed by atoms with Crippen molar-refractivity contribution in [3.05, 3.63) is 77.2 Å². The zero-order valence-corrected chi connectivity index (χ0v) is 19.7. The second-order valence-electron chi connectivity index (χ2n) is 8.26. The summed E-state index contributed by atoms with van der Waals surface area (Å²) >= 11 is 6.10. The number of nitrogens with two attached hydrogens (primary N) is 1. The van der Waals surface area contributed by atoms with Crippen molar-refractivity contribution in [1.82, 2.24) is 14.5 Å². The van der Waals surface area contributed by atoms with Crippen LogP contribution in [-0.4, -0.2) is 28.7 Å². The van der Waals surface area contributed by atoms with E-state index in [0.29, 0.717) is 16.6 Å². The van der Waals surface area contributed by atoms with Crippen LogP contribution in [0, 0.1) is 0 Å². The first kappa shape index (κ1) is 22.4. The summed E-state index contributed by atoms with van der Waals surface area (Å²) in [6, 6.07) is 12.8. The van der Waals surface area contributed by atoms with Gasteiger partial charge >= 0.3 is 0 Å². The molecule has 174 valence electrons. The van der Waals surface area contributed by atoms with Gasteiger partial charge in [0, 0.05) is 17.8 Å². The number of nitrogens with zero attached hydrogens (tertiary/aromatic N) is 3. The van der Waals surface area contributed by atoms with Crippen LogP contribution in [0.5, 0.6) is 0 Å². The Hall–Kier alpha value is -3.43. The number of hydrogen-bond donors (Lipinski definition) is 2. The lowest BCUT2D eigenvalue weighted by atomic mass is 10.0. The van der Waals surface area contributed by atoms with E-state index in [-0.39, 0.29) is 38.8 Å². The third-order valence-corrected chi connectivity index (χ3v) is 8.01. The zero-order valence-electron chi connectivity index (χ0n) is 18.1. The predicted molar refractivity (Wildman–Crippen MR) is 132 cm³/mol. The van der Waals surface area contributed by atoms with Gasteiger partial charge in [0.25, 0.3) is 10.0 Å². The number of anilines is 2. The molecular weight excluding hydrogens is 474 g/mol. The number of ketones is 1. The van der Waals surface area contributed by atoms with E-state index < -0.39 is 10.0 Å². The monoisotopic (exact) mass is 495 g/mol. The maximum atomic E-state index is 13.8. The highest BCUT2D eigenvalue weighted by Gasteiger charge is 2.27. The number of aromatic nitrogens is 3. The Kier molecular flexibility index (Phi) is 5.75. The third kappa shape index (κ3) is 3.91. The van der Waals surface area contributed by atoms with Crippen LogP contribution in [-0.2, 0) is 10.0 Å². The number of carbonyl (C=O) groups is 1. The molecule has 1 aliphatic carbocycles. The van der Waals surface area contributed by atoms with Gasteiger partial charge in [0.1, 0.15) is 22.7 Å². The first-order chi connectivity index (χ1) is 16.4. The molecule has 10 heteroatoms. The summed E-state index contributed by atoms with van der Waals surface area (Å²) in [4.78, 5) is 22.2. The predicted octanol–water partition coefficient (Wildman–Crippen LogP) is 4.81. The van der Waals surface area contributed by atoms with E-state index in [1.54, 1.807) is 36.5 Å². The molecule has 0 aliphatic heterocycles. The van der Waals surface area contributed by atoms with Crippen molar-refractivity contribution < 1.29 is 13.2 Å². The maximum Gasteiger partial charge on any atom is 0.263 e. The molecule has 0 atom stereocenters. The molecule has 0 saturated heterocycles. The van der Waals surface area contributed by atoms with Gasteiger partial charge in [-0.3, -0.25) is 9.52 Å². The Morgan fingerprint density at radius 1 is 1.03 bits per heavy atom. The Labute approximate surface area is 201 Å². The van der Waals surface area contributed by atoms with Crippen LogP contribution in [0.4, 0.5) is 11.5 Å². The van der Waals surface area contributed by atoms with Crippen molar-refractivity contribution in [1.29, 1.82) is 0 Å². The molecular formula is C24H22ClN5O3S. The van der Waals surface area contributed by atoms with Crippen molar-refractivity contribution in [3.63, 3.8) is 0 Å². The number of nitrogen functional groups attached to an aromatic ring is 1. The van der Waals surface area contributed by atoms with Gasteiger partial charge in [-0.2, -0.15) is 0 Å². The van der Waals surface area contributed by atoms with Crippen molar-refractivity contribution >= 4 is 49.9 Å². The first-order valence-corrected chi connectivity index (χ1v) is 12.7. The highest BCUT2D eigenvalue weighted by molar-refractivity contribution is 7.92. The molecule has 8 nitrogen and oxygen atoms in total. The molecule has 4 aromatic rings. The molecule has 0 amide bonds. The highest BCUT2D eigenvalue weighted by atomic mass is 35.5. The fourth-order valence-electron chi connectivity index (χ4n) is 4.52. The van der Waals surface area contributed by atoms with Gasteiger partial charge in [0.05, 0.1) is 21.7 Å². The van der Waals surface area contributed by atoms with E-state index in [1.165, 1.54) is 24.5 Å². The zero-order chi connectivity index (χ0) is 23.9. The molecule has 1 saturated carbocycles. The lowest BCUT2D eigenvalue weighted by molar-refractivity contribution is 0.104. The summed E-state index contributed by atoms with van der Waals surface area (Å²) in [5.74, 6) is -0.167. The number of nitrogens with one attached hydrogen (secondary N) is 1. The van der Waals surface area contributed by atoms with Crippen LogP contribution in [0.3, 0.4) is 0 Å². The lowest BCUT2D eigenvalue weighted by Gasteiger charge is -2.13. The van der Waals surface area contributed by atoms with Crippen molar-refractivity contribution in [3.8, 4) is 0 Å².